The summed E-state index contributed by atoms with van der Waals surface area (Å²) in [6.07, 6.45) is 0. The van der Waals surface area contributed by atoms with Crippen molar-refractivity contribution < 1.29 is 4.39 Å². The van der Waals surface area contributed by atoms with Gasteiger partial charge >= 0.3 is 0 Å². The SMILES string of the molecule is CC(c1ccc(F)cc1)n1nnnc1N. The van der Waals surface area contributed by atoms with Gasteiger partial charge in [-0.25, -0.2) is 9.07 Å². The van der Waals surface area contributed by atoms with Gasteiger partial charge in [-0.05, 0) is 35.0 Å². The van der Waals surface area contributed by atoms with Crippen molar-refractivity contribution in [3.63, 3.8) is 0 Å². The molecule has 0 aliphatic carbocycles. The Labute approximate surface area is 85.7 Å². The number of nitrogens with zero attached hydrogens (tertiary/aromatic N) is 4. The zero-order chi connectivity index (χ0) is 10.8. The molecule has 0 spiro atoms. The third-order valence-electron chi connectivity index (χ3n) is 2.24. The Kier molecular flexibility index (Phi) is 2.32. The Morgan fingerprint density at radius 2 is 2.00 bits per heavy atom. The molecule has 0 fully saturated rings. The number of hydrogen-bond donors (Lipinski definition) is 1. The summed E-state index contributed by atoms with van der Waals surface area (Å²) in [5.74, 6) is -0.0255. The second-order valence-corrected chi connectivity index (χ2v) is 3.21. The molecule has 2 aromatic rings. The van der Waals surface area contributed by atoms with E-state index >= 15 is 0 Å². The molecule has 0 bridgehead atoms. The quantitative estimate of drug-likeness (QED) is 0.797. The molecule has 0 saturated carbocycles. The van der Waals surface area contributed by atoms with E-state index in [0.29, 0.717) is 0 Å². The van der Waals surface area contributed by atoms with Gasteiger partial charge in [0.1, 0.15) is 5.82 Å². The van der Waals surface area contributed by atoms with E-state index in [0.717, 1.165) is 5.56 Å². The minimum Gasteiger partial charge on any atom is -0.367 e. The lowest BCUT2D eigenvalue weighted by Crippen LogP contribution is -2.11. The van der Waals surface area contributed by atoms with Crippen molar-refractivity contribution in [2.75, 3.05) is 5.73 Å². The molecular formula is C9H10FN5. The van der Waals surface area contributed by atoms with Crippen LogP contribution in [0.3, 0.4) is 0 Å². The number of aromatic nitrogens is 4. The van der Waals surface area contributed by atoms with Crippen LogP contribution >= 0.6 is 0 Å². The summed E-state index contributed by atoms with van der Waals surface area (Å²) in [5.41, 5.74) is 6.46. The molecule has 0 radical (unpaired) electrons. The summed E-state index contributed by atoms with van der Waals surface area (Å²) in [7, 11) is 0. The smallest absolute Gasteiger partial charge is 0.240 e. The first-order valence-corrected chi connectivity index (χ1v) is 4.47. The van der Waals surface area contributed by atoms with Crippen LogP contribution in [0.2, 0.25) is 0 Å². The van der Waals surface area contributed by atoms with Crippen LogP contribution in [-0.2, 0) is 0 Å². The van der Waals surface area contributed by atoms with Gasteiger partial charge in [-0.15, -0.1) is 0 Å². The topological polar surface area (TPSA) is 69.6 Å². The third kappa shape index (κ3) is 1.78. The Hall–Kier alpha value is -1.98. The van der Waals surface area contributed by atoms with Crippen molar-refractivity contribution in [1.82, 2.24) is 20.2 Å². The van der Waals surface area contributed by atoms with Gasteiger partial charge in [0.15, 0.2) is 0 Å². The Balaban J connectivity index is 2.32. The summed E-state index contributed by atoms with van der Waals surface area (Å²) in [6, 6.07) is 6.04. The van der Waals surface area contributed by atoms with Crippen molar-refractivity contribution in [3.8, 4) is 0 Å². The van der Waals surface area contributed by atoms with E-state index in [1.165, 1.54) is 16.8 Å². The highest BCUT2D eigenvalue weighted by molar-refractivity contribution is 5.23. The number of anilines is 1. The number of tetrazole rings is 1. The van der Waals surface area contributed by atoms with Crippen LogP contribution in [0.5, 0.6) is 0 Å². The third-order valence-corrected chi connectivity index (χ3v) is 2.24. The fourth-order valence-corrected chi connectivity index (χ4v) is 1.36. The molecular weight excluding hydrogens is 197 g/mol. The Bertz CT molecular complexity index is 450. The molecule has 15 heavy (non-hydrogen) atoms. The normalized spacial score (nSPS) is 12.7. The summed E-state index contributed by atoms with van der Waals surface area (Å²) < 4.78 is 14.2. The fraction of sp³-hybridized carbons (Fsp3) is 0.222. The first-order chi connectivity index (χ1) is 7.18. The van der Waals surface area contributed by atoms with E-state index in [4.69, 9.17) is 5.73 Å². The average Bonchev–Trinajstić information content (AvgIpc) is 2.65. The maximum atomic E-state index is 12.7. The molecule has 2 rings (SSSR count). The number of hydrogen-bond acceptors (Lipinski definition) is 4. The standard InChI is InChI=1S/C9H10FN5/c1-6(15-9(11)12-13-14-15)7-2-4-8(10)5-3-7/h2-6H,1H3,(H2,11,12,14). The minimum absolute atomic E-state index is 0.111. The van der Waals surface area contributed by atoms with Gasteiger partial charge in [-0.1, -0.05) is 17.2 Å². The highest BCUT2D eigenvalue weighted by Crippen LogP contribution is 2.18. The molecule has 1 atom stereocenters. The molecule has 0 aliphatic heterocycles. The van der Waals surface area contributed by atoms with Crippen LogP contribution in [0.25, 0.3) is 0 Å². The van der Waals surface area contributed by atoms with Gasteiger partial charge < -0.3 is 5.73 Å². The van der Waals surface area contributed by atoms with Crippen LogP contribution in [0.4, 0.5) is 10.3 Å². The molecule has 1 aromatic heterocycles. The molecule has 0 amide bonds. The number of benzene rings is 1. The molecule has 1 unspecified atom stereocenters. The van der Waals surface area contributed by atoms with Crippen molar-refractivity contribution in [1.29, 1.82) is 0 Å². The molecule has 6 heteroatoms. The first kappa shape index (κ1) is 9.57. The molecule has 78 valence electrons. The molecule has 1 heterocycles. The van der Waals surface area contributed by atoms with Gasteiger partial charge in [0.05, 0.1) is 6.04 Å². The second-order valence-electron chi connectivity index (χ2n) is 3.21. The highest BCUT2D eigenvalue weighted by Gasteiger charge is 2.12. The van der Waals surface area contributed by atoms with Crippen molar-refractivity contribution in [3.05, 3.63) is 35.6 Å². The van der Waals surface area contributed by atoms with Crippen LogP contribution in [0.15, 0.2) is 24.3 Å². The molecule has 0 saturated heterocycles. The molecule has 5 nitrogen and oxygen atoms in total. The first-order valence-electron chi connectivity index (χ1n) is 4.47. The van der Waals surface area contributed by atoms with Crippen LogP contribution < -0.4 is 5.73 Å². The van der Waals surface area contributed by atoms with Gasteiger partial charge in [0.2, 0.25) is 5.95 Å². The van der Waals surface area contributed by atoms with E-state index in [-0.39, 0.29) is 17.8 Å². The van der Waals surface area contributed by atoms with Crippen molar-refractivity contribution >= 4 is 5.95 Å². The number of nitrogen functional groups attached to an aromatic ring is 1. The Morgan fingerprint density at radius 1 is 1.33 bits per heavy atom. The second kappa shape index (κ2) is 3.64. The van der Waals surface area contributed by atoms with E-state index in [2.05, 4.69) is 15.5 Å². The minimum atomic E-state index is -0.268. The molecule has 0 aliphatic rings. The van der Waals surface area contributed by atoms with Gasteiger partial charge in [-0.3, -0.25) is 0 Å². The summed E-state index contributed by atoms with van der Waals surface area (Å²) in [6.45, 7) is 1.89. The van der Waals surface area contributed by atoms with Crippen LogP contribution in [-0.4, -0.2) is 20.2 Å². The van der Waals surface area contributed by atoms with Crippen LogP contribution in [0, 0.1) is 5.82 Å². The zero-order valence-electron chi connectivity index (χ0n) is 8.13. The van der Waals surface area contributed by atoms with Crippen molar-refractivity contribution in [2.45, 2.75) is 13.0 Å². The number of nitrogens with two attached hydrogens (primary N) is 1. The largest absolute Gasteiger partial charge is 0.367 e. The van der Waals surface area contributed by atoms with Crippen LogP contribution in [0.1, 0.15) is 18.5 Å². The van der Waals surface area contributed by atoms with E-state index < -0.39 is 0 Å². The van der Waals surface area contributed by atoms with E-state index in [1.54, 1.807) is 12.1 Å². The maximum Gasteiger partial charge on any atom is 0.240 e. The summed E-state index contributed by atoms with van der Waals surface area (Å²) >= 11 is 0. The lowest BCUT2D eigenvalue weighted by molar-refractivity contribution is 0.548. The summed E-state index contributed by atoms with van der Waals surface area (Å²) in [5, 5.41) is 10.8. The number of rotatable bonds is 2. The molecule has 1 aromatic carbocycles. The average molecular weight is 207 g/mol. The van der Waals surface area contributed by atoms with Gasteiger partial charge in [-0.2, -0.15) is 0 Å². The predicted molar refractivity (Wildman–Crippen MR) is 52.4 cm³/mol. The highest BCUT2D eigenvalue weighted by atomic mass is 19.1. The lowest BCUT2D eigenvalue weighted by Gasteiger charge is -2.11. The molecule has 2 N–H and O–H groups in total. The van der Waals surface area contributed by atoms with E-state index in [1.807, 2.05) is 6.92 Å². The zero-order valence-corrected chi connectivity index (χ0v) is 8.13. The Morgan fingerprint density at radius 3 is 2.53 bits per heavy atom. The fourth-order valence-electron chi connectivity index (χ4n) is 1.36. The van der Waals surface area contributed by atoms with Gasteiger partial charge in [0, 0.05) is 0 Å². The lowest BCUT2D eigenvalue weighted by atomic mass is 10.1. The predicted octanol–water partition coefficient (Wildman–Crippen LogP) is 1.00. The number of halogens is 1. The monoisotopic (exact) mass is 207 g/mol. The summed E-state index contributed by atoms with van der Waals surface area (Å²) in [4.78, 5) is 0. The van der Waals surface area contributed by atoms with Crippen molar-refractivity contribution in [2.24, 2.45) is 0 Å². The maximum absolute atomic E-state index is 12.7. The van der Waals surface area contributed by atoms with Gasteiger partial charge in [0.25, 0.3) is 0 Å². The van der Waals surface area contributed by atoms with E-state index in [9.17, 15) is 4.39 Å².